The molecule has 2 saturated heterocycles. The Morgan fingerprint density at radius 1 is 1.29 bits per heavy atom. The zero-order valence-electron chi connectivity index (χ0n) is 14.2. The van der Waals surface area contributed by atoms with Crippen molar-refractivity contribution < 1.29 is 14.6 Å². The van der Waals surface area contributed by atoms with Gasteiger partial charge in [0, 0.05) is 32.1 Å². The van der Waals surface area contributed by atoms with Gasteiger partial charge in [0.2, 0.25) is 5.95 Å². The first-order valence-corrected chi connectivity index (χ1v) is 8.81. The van der Waals surface area contributed by atoms with E-state index in [2.05, 4.69) is 21.8 Å². The second-order valence-corrected chi connectivity index (χ2v) is 6.64. The van der Waals surface area contributed by atoms with Crippen molar-refractivity contribution in [1.29, 1.82) is 0 Å². The zero-order chi connectivity index (χ0) is 16.9. The van der Waals surface area contributed by atoms with Crippen LogP contribution in [-0.4, -0.2) is 65.0 Å². The van der Waals surface area contributed by atoms with Crippen molar-refractivity contribution in [3.05, 3.63) is 18.0 Å². The van der Waals surface area contributed by atoms with Crippen LogP contribution < -0.4 is 4.90 Å². The van der Waals surface area contributed by atoms with E-state index in [1.807, 2.05) is 12.4 Å². The number of aromatic nitrogens is 2. The quantitative estimate of drug-likeness (QED) is 0.857. The van der Waals surface area contributed by atoms with Gasteiger partial charge in [0.25, 0.3) is 0 Å². The summed E-state index contributed by atoms with van der Waals surface area (Å²) >= 11 is 0. The molecule has 0 aromatic carbocycles. The number of hydrogen-bond donors (Lipinski definition) is 1. The van der Waals surface area contributed by atoms with Gasteiger partial charge in [-0.2, -0.15) is 0 Å². The molecule has 7 heteroatoms. The lowest BCUT2D eigenvalue weighted by molar-refractivity contribution is -0.0482. The standard InChI is InChI=1S/C17H26N4O3/c1-2-13-9-18-16(19-10-13)20-6-3-14(4-7-20)5-8-24-15-11-21(12-15)17(22)23/h9-10,14-15H,2-8,11-12H2,1H3,(H,22,23). The SMILES string of the molecule is CCc1cnc(N2CCC(CCOC3CN(C(=O)O)C3)CC2)nc1. The van der Waals surface area contributed by atoms with Gasteiger partial charge in [-0.25, -0.2) is 14.8 Å². The van der Waals surface area contributed by atoms with Crippen LogP contribution in [0.5, 0.6) is 0 Å². The molecule has 132 valence electrons. The summed E-state index contributed by atoms with van der Waals surface area (Å²) in [5, 5.41) is 8.78. The lowest BCUT2D eigenvalue weighted by Gasteiger charge is -2.37. The number of anilines is 1. The molecule has 1 N–H and O–H groups in total. The third-order valence-corrected chi connectivity index (χ3v) is 5.00. The maximum atomic E-state index is 10.7. The first kappa shape index (κ1) is 17.0. The molecule has 0 spiro atoms. The molecule has 0 saturated carbocycles. The van der Waals surface area contributed by atoms with Gasteiger partial charge in [0.1, 0.15) is 0 Å². The predicted molar refractivity (Wildman–Crippen MR) is 90.3 cm³/mol. The largest absolute Gasteiger partial charge is 0.465 e. The molecular weight excluding hydrogens is 308 g/mol. The minimum Gasteiger partial charge on any atom is -0.465 e. The minimum atomic E-state index is -0.851. The molecule has 1 amide bonds. The summed E-state index contributed by atoms with van der Waals surface area (Å²) in [6.45, 7) is 5.84. The normalized spacial score (nSPS) is 19.4. The predicted octanol–water partition coefficient (Wildman–Crippen LogP) is 2.02. The zero-order valence-corrected chi connectivity index (χ0v) is 14.2. The molecule has 0 radical (unpaired) electrons. The van der Waals surface area contributed by atoms with Crippen LogP contribution in [0, 0.1) is 5.92 Å². The molecule has 3 heterocycles. The number of rotatable bonds is 6. The Morgan fingerprint density at radius 3 is 2.54 bits per heavy atom. The van der Waals surface area contributed by atoms with Crippen LogP contribution in [0.15, 0.2) is 12.4 Å². The average molecular weight is 334 g/mol. The van der Waals surface area contributed by atoms with E-state index in [1.165, 1.54) is 10.5 Å². The van der Waals surface area contributed by atoms with E-state index in [-0.39, 0.29) is 6.10 Å². The summed E-state index contributed by atoms with van der Waals surface area (Å²) in [7, 11) is 0. The maximum Gasteiger partial charge on any atom is 0.407 e. The summed E-state index contributed by atoms with van der Waals surface area (Å²) in [5.41, 5.74) is 1.17. The number of amides is 1. The van der Waals surface area contributed by atoms with Crippen LogP contribution in [0.1, 0.15) is 31.7 Å². The van der Waals surface area contributed by atoms with E-state index in [9.17, 15) is 4.79 Å². The second-order valence-electron chi connectivity index (χ2n) is 6.64. The van der Waals surface area contributed by atoms with E-state index < -0.39 is 6.09 Å². The third-order valence-electron chi connectivity index (χ3n) is 5.00. The molecule has 0 aliphatic carbocycles. The Kier molecular flexibility index (Phi) is 5.50. The van der Waals surface area contributed by atoms with Crippen molar-refractivity contribution in [3.63, 3.8) is 0 Å². The lowest BCUT2D eigenvalue weighted by Crippen LogP contribution is -2.54. The van der Waals surface area contributed by atoms with Gasteiger partial charge in [0.05, 0.1) is 19.2 Å². The van der Waals surface area contributed by atoms with Crippen molar-refractivity contribution in [2.45, 2.75) is 38.7 Å². The van der Waals surface area contributed by atoms with E-state index in [4.69, 9.17) is 9.84 Å². The van der Waals surface area contributed by atoms with Crippen molar-refractivity contribution in [2.24, 2.45) is 5.92 Å². The second kappa shape index (κ2) is 7.79. The molecule has 0 atom stereocenters. The first-order chi connectivity index (χ1) is 11.7. The summed E-state index contributed by atoms with van der Waals surface area (Å²) < 4.78 is 5.75. The summed E-state index contributed by atoms with van der Waals surface area (Å²) in [6.07, 6.45) is 7.36. The van der Waals surface area contributed by atoms with E-state index in [1.54, 1.807) is 0 Å². The highest BCUT2D eigenvalue weighted by Gasteiger charge is 2.31. The molecule has 1 aromatic rings. The van der Waals surface area contributed by atoms with Crippen molar-refractivity contribution in [2.75, 3.05) is 37.7 Å². The molecule has 2 aliphatic rings. The van der Waals surface area contributed by atoms with Gasteiger partial charge in [-0.15, -0.1) is 0 Å². The van der Waals surface area contributed by atoms with Crippen LogP contribution in [0.3, 0.4) is 0 Å². The van der Waals surface area contributed by atoms with Crippen LogP contribution in [0.25, 0.3) is 0 Å². The Balaban J connectivity index is 1.33. The average Bonchev–Trinajstić information content (AvgIpc) is 2.57. The summed E-state index contributed by atoms with van der Waals surface area (Å²) in [5.74, 6) is 1.51. The van der Waals surface area contributed by atoms with Crippen LogP contribution in [0.2, 0.25) is 0 Å². The number of nitrogens with zero attached hydrogens (tertiary/aromatic N) is 4. The highest BCUT2D eigenvalue weighted by Crippen LogP contribution is 2.23. The number of carbonyl (C=O) groups is 1. The van der Waals surface area contributed by atoms with Gasteiger partial charge in [0.15, 0.2) is 0 Å². The Morgan fingerprint density at radius 2 is 1.96 bits per heavy atom. The fourth-order valence-electron chi connectivity index (χ4n) is 3.22. The minimum absolute atomic E-state index is 0.0895. The van der Waals surface area contributed by atoms with Crippen LogP contribution in [0.4, 0.5) is 10.7 Å². The van der Waals surface area contributed by atoms with E-state index in [0.29, 0.717) is 19.0 Å². The molecule has 1 aromatic heterocycles. The molecule has 7 nitrogen and oxygen atoms in total. The summed E-state index contributed by atoms with van der Waals surface area (Å²) in [6, 6.07) is 0. The Labute approximate surface area is 142 Å². The smallest absolute Gasteiger partial charge is 0.407 e. The van der Waals surface area contributed by atoms with Gasteiger partial charge in [-0.3, -0.25) is 0 Å². The van der Waals surface area contributed by atoms with Crippen molar-refractivity contribution in [3.8, 4) is 0 Å². The van der Waals surface area contributed by atoms with Crippen LogP contribution in [-0.2, 0) is 11.2 Å². The molecule has 0 bridgehead atoms. The monoisotopic (exact) mass is 334 g/mol. The van der Waals surface area contributed by atoms with Gasteiger partial charge in [-0.05, 0) is 37.2 Å². The number of piperidine rings is 1. The maximum absolute atomic E-state index is 10.7. The number of aryl methyl sites for hydroxylation is 1. The molecule has 2 fully saturated rings. The highest BCUT2D eigenvalue weighted by atomic mass is 16.5. The Bertz CT molecular complexity index is 537. The van der Waals surface area contributed by atoms with Crippen molar-refractivity contribution in [1.82, 2.24) is 14.9 Å². The summed E-state index contributed by atoms with van der Waals surface area (Å²) in [4.78, 5) is 23.2. The topological polar surface area (TPSA) is 78.8 Å². The van der Waals surface area contributed by atoms with Gasteiger partial charge < -0.3 is 19.6 Å². The van der Waals surface area contributed by atoms with Crippen LogP contribution >= 0.6 is 0 Å². The van der Waals surface area contributed by atoms with Gasteiger partial charge in [-0.1, -0.05) is 6.92 Å². The van der Waals surface area contributed by atoms with Crippen molar-refractivity contribution >= 4 is 12.0 Å². The molecule has 0 unspecified atom stereocenters. The third kappa shape index (κ3) is 4.14. The fourth-order valence-corrected chi connectivity index (χ4v) is 3.22. The van der Waals surface area contributed by atoms with Gasteiger partial charge >= 0.3 is 6.09 Å². The number of likely N-dealkylation sites (tertiary alicyclic amines) is 1. The molecular formula is C17H26N4O3. The molecule has 3 rings (SSSR count). The number of ether oxygens (including phenoxy) is 1. The number of hydrogen-bond acceptors (Lipinski definition) is 5. The molecule has 2 aliphatic heterocycles. The van der Waals surface area contributed by atoms with E-state index in [0.717, 1.165) is 51.3 Å². The molecule has 24 heavy (non-hydrogen) atoms. The Hall–Kier alpha value is -1.89. The lowest BCUT2D eigenvalue weighted by atomic mass is 9.94. The van der Waals surface area contributed by atoms with E-state index >= 15 is 0 Å². The fraction of sp³-hybridized carbons (Fsp3) is 0.706. The highest BCUT2D eigenvalue weighted by molar-refractivity contribution is 5.66. The number of carboxylic acid groups (broad SMARTS) is 1. The first-order valence-electron chi connectivity index (χ1n) is 8.81.